The maximum absolute atomic E-state index is 12.1. The number of nitrogens with one attached hydrogen (secondary N) is 2. The zero-order valence-corrected chi connectivity index (χ0v) is 15.1. The average Bonchev–Trinajstić information content (AvgIpc) is 3.06. The van der Waals surface area contributed by atoms with Crippen molar-refractivity contribution >= 4 is 17.2 Å². The Bertz CT molecular complexity index is 605. The fourth-order valence-electron chi connectivity index (χ4n) is 2.52. The smallest absolute Gasteiger partial charge is 0.236 e. The monoisotopic (exact) mass is 330 g/mol. The first-order valence-electron chi connectivity index (χ1n) is 8.20. The van der Waals surface area contributed by atoms with Gasteiger partial charge in [0, 0.05) is 11.4 Å². The van der Waals surface area contributed by atoms with Gasteiger partial charge in [-0.25, -0.2) is 0 Å². The van der Waals surface area contributed by atoms with E-state index in [0.717, 1.165) is 0 Å². The standard InChI is InChI=1S/C19H26N2OS/c1-5-20-19(22)14(4)21-18(17-7-6-12-23-17)16-10-8-15(9-11-16)13(2)3/h6-14,18,21H,5H2,1-4H3,(H,20,22)/t14-,18+/m1/s1. The molecule has 0 spiro atoms. The molecule has 0 bridgehead atoms. The maximum atomic E-state index is 12.1. The summed E-state index contributed by atoms with van der Waals surface area (Å²) in [6, 6.07) is 12.6. The van der Waals surface area contributed by atoms with Crippen molar-refractivity contribution in [3.05, 3.63) is 57.8 Å². The van der Waals surface area contributed by atoms with Gasteiger partial charge in [0.25, 0.3) is 0 Å². The molecule has 0 fully saturated rings. The van der Waals surface area contributed by atoms with Crippen LogP contribution in [-0.4, -0.2) is 18.5 Å². The third kappa shape index (κ3) is 4.66. The molecule has 2 N–H and O–H groups in total. The van der Waals surface area contributed by atoms with Gasteiger partial charge in [-0.05, 0) is 42.3 Å². The summed E-state index contributed by atoms with van der Waals surface area (Å²) in [5, 5.41) is 8.41. The van der Waals surface area contributed by atoms with E-state index < -0.39 is 0 Å². The van der Waals surface area contributed by atoms with E-state index in [4.69, 9.17) is 0 Å². The van der Waals surface area contributed by atoms with Crippen molar-refractivity contribution in [1.82, 2.24) is 10.6 Å². The van der Waals surface area contributed by atoms with Crippen molar-refractivity contribution in [1.29, 1.82) is 0 Å². The summed E-state index contributed by atoms with van der Waals surface area (Å²) in [6.07, 6.45) is 0. The average molecular weight is 330 g/mol. The molecule has 3 nitrogen and oxygen atoms in total. The maximum Gasteiger partial charge on any atom is 0.236 e. The molecular weight excluding hydrogens is 304 g/mol. The lowest BCUT2D eigenvalue weighted by Gasteiger charge is -2.23. The minimum absolute atomic E-state index is 0.0351. The number of benzene rings is 1. The molecule has 1 heterocycles. The minimum Gasteiger partial charge on any atom is -0.355 e. The first-order chi connectivity index (χ1) is 11.0. The number of amides is 1. The highest BCUT2D eigenvalue weighted by Crippen LogP contribution is 2.27. The Kier molecular flexibility index (Phi) is 6.37. The molecule has 0 aliphatic heterocycles. The number of likely N-dealkylation sites (N-methyl/N-ethyl adjacent to an activating group) is 1. The Labute approximate surface area is 143 Å². The predicted octanol–water partition coefficient (Wildman–Crippen LogP) is 4.08. The van der Waals surface area contributed by atoms with Gasteiger partial charge < -0.3 is 5.32 Å². The van der Waals surface area contributed by atoms with Crippen LogP contribution < -0.4 is 10.6 Å². The quantitative estimate of drug-likeness (QED) is 0.803. The molecule has 0 unspecified atom stereocenters. The van der Waals surface area contributed by atoms with E-state index >= 15 is 0 Å². The van der Waals surface area contributed by atoms with Gasteiger partial charge in [0.15, 0.2) is 0 Å². The molecule has 0 aliphatic rings. The summed E-state index contributed by atoms with van der Waals surface area (Å²) < 4.78 is 0. The van der Waals surface area contributed by atoms with Crippen molar-refractivity contribution in [2.75, 3.05) is 6.54 Å². The number of hydrogen-bond acceptors (Lipinski definition) is 3. The largest absolute Gasteiger partial charge is 0.355 e. The van der Waals surface area contributed by atoms with Crippen molar-refractivity contribution in [2.45, 2.75) is 45.7 Å². The van der Waals surface area contributed by atoms with Crippen LogP contribution in [0, 0.1) is 0 Å². The fourth-order valence-corrected chi connectivity index (χ4v) is 3.34. The molecule has 0 saturated heterocycles. The summed E-state index contributed by atoms with van der Waals surface area (Å²) in [5.74, 6) is 0.555. The summed E-state index contributed by atoms with van der Waals surface area (Å²) in [7, 11) is 0. The first-order valence-corrected chi connectivity index (χ1v) is 9.08. The predicted molar refractivity (Wildman–Crippen MR) is 98.0 cm³/mol. The summed E-state index contributed by atoms with van der Waals surface area (Å²) in [4.78, 5) is 13.3. The third-order valence-electron chi connectivity index (χ3n) is 3.93. The van der Waals surface area contributed by atoms with Crippen LogP contribution in [0.25, 0.3) is 0 Å². The van der Waals surface area contributed by atoms with Crippen molar-refractivity contribution in [2.24, 2.45) is 0 Å². The van der Waals surface area contributed by atoms with E-state index in [1.54, 1.807) is 11.3 Å². The van der Waals surface area contributed by atoms with Crippen LogP contribution in [0.4, 0.5) is 0 Å². The van der Waals surface area contributed by atoms with Crippen molar-refractivity contribution in [3.8, 4) is 0 Å². The third-order valence-corrected chi connectivity index (χ3v) is 4.86. The van der Waals surface area contributed by atoms with Crippen LogP contribution in [0.15, 0.2) is 41.8 Å². The number of rotatable bonds is 7. The van der Waals surface area contributed by atoms with Crippen LogP contribution in [0.5, 0.6) is 0 Å². The van der Waals surface area contributed by atoms with E-state index in [2.05, 4.69) is 60.2 Å². The molecule has 2 rings (SSSR count). The number of carbonyl (C=O) groups is 1. The molecule has 2 atom stereocenters. The van der Waals surface area contributed by atoms with Gasteiger partial charge in [0.1, 0.15) is 0 Å². The molecule has 0 radical (unpaired) electrons. The van der Waals surface area contributed by atoms with Gasteiger partial charge in [-0.15, -0.1) is 11.3 Å². The SMILES string of the molecule is CCNC(=O)[C@@H](C)N[C@@H](c1ccc(C(C)C)cc1)c1cccs1. The van der Waals surface area contributed by atoms with E-state index in [1.165, 1.54) is 16.0 Å². The highest BCUT2D eigenvalue weighted by molar-refractivity contribution is 7.10. The molecular formula is C19H26N2OS. The lowest BCUT2D eigenvalue weighted by atomic mass is 9.98. The Morgan fingerprint density at radius 2 is 1.74 bits per heavy atom. The molecule has 124 valence electrons. The Morgan fingerprint density at radius 3 is 2.26 bits per heavy atom. The molecule has 1 amide bonds. The molecule has 1 aromatic carbocycles. The Hall–Kier alpha value is -1.65. The van der Waals surface area contributed by atoms with Crippen molar-refractivity contribution in [3.63, 3.8) is 0 Å². The van der Waals surface area contributed by atoms with E-state index in [9.17, 15) is 4.79 Å². The van der Waals surface area contributed by atoms with Gasteiger partial charge in [-0.1, -0.05) is 44.2 Å². The summed E-state index contributed by atoms with van der Waals surface area (Å²) in [5.41, 5.74) is 2.52. The molecule has 0 aliphatic carbocycles. The Morgan fingerprint density at radius 1 is 1.09 bits per heavy atom. The topological polar surface area (TPSA) is 41.1 Å². The Balaban J connectivity index is 2.23. The van der Waals surface area contributed by atoms with Crippen molar-refractivity contribution < 1.29 is 4.79 Å². The van der Waals surface area contributed by atoms with Crippen LogP contribution >= 0.6 is 11.3 Å². The van der Waals surface area contributed by atoms with Gasteiger partial charge >= 0.3 is 0 Å². The van der Waals surface area contributed by atoms with Gasteiger partial charge in [-0.3, -0.25) is 10.1 Å². The second kappa shape index (κ2) is 8.27. The zero-order valence-electron chi connectivity index (χ0n) is 14.3. The van der Waals surface area contributed by atoms with Gasteiger partial charge in [0.05, 0.1) is 12.1 Å². The first kappa shape index (κ1) is 17.7. The van der Waals surface area contributed by atoms with Crippen LogP contribution in [-0.2, 0) is 4.79 Å². The number of thiophene rings is 1. The lowest BCUT2D eigenvalue weighted by Crippen LogP contribution is -2.43. The van der Waals surface area contributed by atoms with Crippen LogP contribution in [0.1, 0.15) is 55.7 Å². The van der Waals surface area contributed by atoms with E-state index in [1.807, 2.05) is 19.9 Å². The number of hydrogen-bond donors (Lipinski definition) is 2. The second-order valence-electron chi connectivity index (χ2n) is 6.05. The normalized spacial score (nSPS) is 13.8. The molecule has 1 aromatic heterocycles. The lowest BCUT2D eigenvalue weighted by molar-refractivity contribution is -0.122. The number of carbonyl (C=O) groups excluding carboxylic acids is 1. The highest BCUT2D eigenvalue weighted by atomic mass is 32.1. The molecule has 23 heavy (non-hydrogen) atoms. The second-order valence-corrected chi connectivity index (χ2v) is 7.03. The molecule has 2 aromatic rings. The van der Waals surface area contributed by atoms with Gasteiger partial charge in [0.2, 0.25) is 5.91 Å². The minimum atomic E-state index is -0.244. The molecule has 0 saturated carbocycles. The van der Waals surface area contributed by atoms with E-state index in [0.29, 0.717) is 12.5 Å². The van der Waals surface area contributed by atoms with Gasteiger partial charge in [-0.2, -0.15) is 0 Å². The van der Waals surface area contributed by atoms with Crippen LogP contribution in [0.2, 0.25) is 0 Å². The zero-order chi connectivity index (χ0) is 16.8. The summed E-state index contributed by atoms with van der Waals surface area (Å²) in [6.45, 7) is 8.89. The molecule has 4 heteroatoms. The van der Waals surface area contributed by atoms with E-state index in [-0.39, 0.29) is 18.0 Å². The highest BCUT2D eigenvalue weighted by Gasteiger charge is 2.21. The summed E-state index contributed by atoms with van der Waals surface area (Å²) >= 11 is 1.71. The van der Waals surface area contributed by atoms with Crippen LogP contribution in [0.3, 0.4) is 0 Å². The fraction of sp³-hybridized carbons (Fsp3) is 0.421.